The van der Waals surface area contributed by atoms with E-state index in [1.54, 1.807) is 6.92 Å². The van der Waals surface area contributed by atoms with Gasteiger partial charge in [-0.2, -0.15) is 0 Å². The molecule has 3 aromatic heterocycles. The third-order valence-electron chi connectivity index (χ3n) is 11.3. The summed E-state index contributed by atoms with van der Waals surface area (Å²) in [5, 5.41) is 0. The predicted molar refractivity (Wildman–Crippen MR) is 201 cm³/mol. The molecular weight excluding hydrogens is 767 g/mol. The van der Waals surface area contributed by atoms with Crippen LogP contribution in [0.2, 0.25) is 0 Å². The van der Waals surface area contributed by atoms with Crippen molar-refractivity contribution in [2.75, 3.05) is 13.2 Å². The van der Waals surface area contributed by atoms with Gasteiger partial charge >= 0.3 is 33.3 Å². The van der Waals surface area contributed by atoms with Crippen molar-refractivity contribution in [3.63, 3.8) is 0 Å². The van der Waals surface area contributed by atoms with E-state index in [1.807, 2.05) is 45.9 Å². The average Bonchev–Trinajstić information content (AvgIpc) is 3.79. The third kappa shape index (κ3) is 7.53. The maximum absolute atomic E-state index is 14.7. The number of Topliss-reactive ketones (excluding diaryl/α,β-unsaturated/α-hetero) is 1. The molecule has 11 heteroatoms. The summed E-state index contributed by atoms with van der Waals surface area (Å²) >= 11 is 0. The van der Waals surface area contributed by atoms with Crippen LogP contribution in [0.1, 0.15) is 182 Å². The van der Waals surface area contributed by atoms with Crippen LogP contribution in [0.4, 0.5) is 0 Å². The summed E-state index contributed by atoms with van der Waals surface area (Å²) in [7, 11) is 0. The van der Waals surface area contributed by atoms with Gasteiger partial charge in [-0.05, 0) is 46.5 Å². The van der Waals surface area contributed by atoms with Crippen LogP contribution in [0.3, 0.4) is 0 Å². The summed E-state index contributed by atoms with van der Waals surface area (Å²) in [6, 6.07) is 5.80. The molecule has 0 aliphatic carbocycles. The topological polar surface area (TPSA) is 135 Å². The number of esters is 1. The van der Waals surface area contributed by atoms with Crippen LogP contribution >= 0.6 is 0 Å². The van der Waals surface area contributed by atoms with Crippen molar-refractivity contribution in [3.8, 4) is 0 Å². The Hall–Kier alpha value is -3.68. The van der Waals surface area contributed by atoms with Gasteiger partial charge in [-0.1, -0.05) is 83.2 Å². The van der Waals surface area contributed by atoms with E-state index in [0.29, 0.717) is 81.7 Å². The molecular formula is C42H51CdN5O5. The molecule has 0 fully saturated rings. The molecule has 0 spiro atoms. The molecule has 3 aliphatic rings. The van der Waals surface area contributed by atoms with Crippen LogP contribution in [0, 0.1) is 13.8 Å². The smallest absolute Gasteiger partial charge is 0.657 e. The molecule has 0 aromatic carbocycles. The van der Waals surface area contributed by atoms with Gasteiger partial charge in [0.2, 0.25) is 0 Å². The Kier molecular flexibility index (Phi) is 12.8. The number of aryl methyl sites for hydroxylation is 2. The Morgan fingerprint density at radius 2 is 1.43 bits per heavy atom. The van der Waals surface area contributed by atoms with Crippen molar-refractivity contribution >= 4 is 45.6 Å². The second-order valence-corrected chi connectivity index (χ2v) is 14.8. The second kappa shape index (κ2) is 16.8. The van der Waals surface area contributed by atoms with Gasteiger partial charge in [0.05, 0.1) is 12.3 Å². The van der Waals surface area contributed by atoms with E-state index in [-0.39, 0.29) is 75.1 Å². The van der Waals surface area contributed by atoms with Gasteiger partial charge in [0.1, 0.15) is 0 Å². The number of ether oxygens (including phenoxy) is 1. The van der Waals surface area contributed by atoms with Crippen LogP contribution in [0.5, 0.6) is 0 Å². The summed E-state index contributed by atoms with van der Waals surface area (Å²) in [6.45, 7) is 16.4. The fraction of sp³-hybridized carbons (Fsp3) is 0.524. The molecule has 0 unspecified atom stereocenters. The first kappa shape index (κ1) is 40.5. The number of ketones is 1. The van der Waals surface area contributed by atoms with Gasteiger partial charge in [0.25, 0.3) is 11.8 Å². The standard InChI is InChI=1S/C42H53N5O5.Cd/c1-9-12-13-14-17-47-41(50)37-25(7)32-20-33-27(11-3)22(4)29(43-33)21-34-36(26(8)48)24(6)31(44-34)19-30-23(5)28(15-16-35(49)52-18-10-2)39(45-30)38(42(47)51)40(37)46-32;/h19-23,27-28H,9-18H2,1-8H3,(H2,43,44,45,46,48,50,51);/q;+2/p-2/t22-,23+,27-,28+;/m1./s1. The van der Waals surface area contributed by atoms with Gasteiger partial charge in [0, 0.05) is 70.4 Å². The number of rotatable bonds is 12. The monoisotopic (exact) mass is 819 g/mol. The molecule has 8 bridgehead atoms. The molecule has 2 amide bonds. The van der Waals surface area contributed by atoms with Gasteiger partial charge in [-0.15, -0.1) is 22.1 Å². The minimum Gasteiger partial charge on any atom is -0.657 e. The maximum Gasteiger partial charge on any atom is 2.00 e. The fourth-order valence-corrected chi connectivity index (χ4v) is 8.22. The van der Waals surface area contributed by atoms with Gasteiger partial charge in [-0.25, -0.2) is 0 Å². The normalized spacial score (nSPS) is 19.4. The van der Waals surface area contributed by atoms with Crippen molar-refractivity contribution < 1.29 is 51.2 Å². The van der Waals surface area contributed by atoms with Crippen molar-refractivity contribution in [3.05, 3.63) is 68.8 Å². The van der Waals surface area contributed by atoms with Crippen molar-refractivity contribution in [1.82, 2.24) is 24.8 Å². The Labute approximate surface area is 332 Å². The van der Waals surface area contributed by atoms with Crippen molar-refractivity contribution in [2.45, 2.75) is 130 Å². The summed E-state index contributed by atoms with van der Waals surface area (Å²) in [5.74, 6) is -1.52. The number of carbonyl (C=O) groups is 4. The molecule has 3 aromatic rings. The predicted octanol–water partition coefficient (Wildman–Crippen LogP) is 8.48. The quantitative estimate of drug-likeness (QED) is 0.0580. The number of carbonyl (C=O) groups excluding carboxylic acids is 4. The van der Waals surface area contributed by atoms with E-state index in [9.17, 15) is 19.2 Å². The Bertz CT molecular complexity index is 2100. The number of fused-ring (bicyclic) bond motifs is 8. The van der Waals surface area contributed by atoms with Crippen LogP contribution in [-0.4, -0.2) is 51.6 Å². The van der Waals surface area contributed by atoms with Crippen LogP contribution in [0.15, 0.2) is 18.2 Å². The molecule has 53 heavy (non-hydrogen) atoms. The first-order chi connectivity index (χ1) is 24.9. The van der Waals surface area contributed by atoms with Gasteiger partial charge in [0.15, 0.2) is 5.78 Å². The van der Waals surface area contributed by atoms with E-state index in [2.05, 4.69) is 20.8 Å². The minimum absolute atomic E-state index is 0. The van der Waals surface area contributed by atoms with E-state index in [0.717, 1.165) is 49.1 Å². The third-order valence-corrected chi connectivity index (χ3v) is 11.3. The zero-order valence-electron chi connectivity index (χ0n) is 32.6. The molecule has 276 valence electrons. The largest absolute Gasteiger partial charge is 2.00 e. The Balaban J connectivity index is 0.00000541. The molecule has 3 aliphatic heterocycles. The molecule has 6 heterocycles. The van der Waals surface area contributed by atoms with Gasteiger partial charge in [-0.3, -0.25) is 34.0 Å². The van der Waals surface area contributed by atoms with E-state index in [1.165, 1.54) is 4.90 Å². The maximum atomic E-state index is 14.7. The molecule has 10 nitrogen and oxygen atoms in total. The number of unbranched alkanes of at least 4 members (excludes halogenated alkanes) is 3. The Morgan fingerprint density at radius 3 is 2.11 bits per heavy atom. The molecule has 0 saturated carbocycles. The number of hydrogen-bond acceptors (Lipinski definition) is 7. The summed E-state index contributed by atoms with van der Waals surface area (Å²) in [5.41, 5.74) is 7.79. The van der Waals surface area contributed by atoms with E-state index >= 15 is 0 Å². The first-order valence-corrected chi connectivity index (χ1v) is 19.1. The van der Waals surface area contributed by atoms with Crippen LogP contribution in [-0.2, 0) is 36.8 Å². The zero-order valence-corrected chi connectivity index (χ0v) is 36.6. The fourth-order valence-electron chi connectivity index (χ4n) is 8.22. The second-order valence-electron chi connectivity index (χ2n) is 14.8. The Morgan fingerprint density at radius 1 is 0.792 bits per heavy atom. The molecule has 0 N–H and O–H groups in total. The van der Waals surface area contributed by atoms with E-state index < -0.39 is 5.91 Å². The molecule has 0 saturated heterocycles. The van der Waals surface area contributed by atoms with Crippen molar-refractivity contribution in [2.24, 2.45) is 0 Å². The minimum atomic E-state index is -0.405. The summed E-state index contributed by atoms with van der Waals surface area (Å²) in [6.07, 6.45) is 5.75. The number of nitrogens with zero attached hydrogens (tertiary/aromatic N) is 5. The van der Waals surface area contributed by atoms with Gasteiger partial charge < -0.3 is 14.7 Å². The van der Waals surface area contributed by atoms with Crippen molar-refractivity contribution in [1.29, 1.82) is 0 Å². The molecule has 0 radical (unpaired) electrons. The molecule has 4 atom stereocenters. The van der Waals surface area contributed by atoms with E-state index in [4.69, 9.17) is 24.7 Å². The molecule has 6 rings (SSSR count). The first-order valence-electron chi connectivity index (χ1n) is 19.1. The van der Waals surface area contributed by atoms with Crippen LogP contribution in [0.25, 0.3) is 22.1 Å². The number of imide groups is 1. The number of amides is 2. The average molecular weight is 818 g/mol. The van der Waals surface area contributed by atoms with Crippen LogP contribution < -0.4 is 9.97 Å². The number of hydrogen-bond donors (Lipinski definition) is 0. The summed E-state index contributed by atoms with van der Waals surface area (Å²) in [4.78, 5) is 76.5. The SMILES string of the molecule is CCCCCCN1C(=O)c2c3nc(cc4[n-]c(cc5nc(cc6[n-]c2c(c6C)C1=O)[C@H](CC)[C@H]5C)c(C(C)=O)c4C)[C@@H](C)[C@@H]3CCC(=O)OCCC.[Cd+2]. The zero-order chi connectivity index (χ0) is 37.4. The summed E-state index contributed by atoms with van der Waals surface area (Å²) < 4.78 is 5.43. The number of aromatic nitrogens is 4.